The van der Waals surface area contributed by atoms with Crippen molar-refractivity contribution < 1.29 is 13.2 Å². The molecule has 0 aromatic heterocycles. The number of carbonyl (C=O) groups is 1. The van der Waals surface area contributed by atoms with Crippen molar-refractivity contribution in [1.29, 1.82) is 0 Å². The van der Waals surface area contributed by atoms with Gasteiger partial charge in [0.1, 0.15) is 0 Å². The van der Waals surface area contributed by atoms with Crippen LogP contribution in [0.25, 0.3) is 0 Å². The lowest BCUT2D eigenvalue weighted by Crippen LogP contribution is -2.48. The summed E-state index contributed by atoms with van der Waals surface area (Å²) < 4.78 is 23.0. The molecule has 2 aliphatic heterocycles. The zero-order valence-corrected chi connectivity index (χ0v) is 15.7. The highest BCUT2D eigenvalue weighted by Crippen LogP contribution is 2.23. The zero-order chi connectivity index (χ0) is 17.9. The molecule has 2 aliphatic rings. The van der Waals surface area contributed by atoms with E-state index in [1.807, 2.05) is 4.90 Å². The Bertz CT molecular complexity index is 692. The van der Waals surface area contributed by atoms with Gasteiger partial charge in [0.15, 0.2) is 9.84 Å². The molecular formula is C19H28N2O3S. The minimum atomic E-state index is -2.95. The number of benzene rings is 1. The van der Waals surface area contributed by atoms with Crippen LogP contribution in [0.4, 0.5) is 4.79 Å². The average Bonchev–Trinajstić information content (AvgIpc) is 2.93. The number of hydrogen-bond acceptors (Lipinski definition) is 3. The number of piperidine rings is 1. The molecule has 6 heteroatoms. The SMILES string of the molecule is Cc1ccc(CCC2CCN(C(=O)N[C@@H]3CCS(=O)(=O)C3)CC2)cc1. The van der Waals surface area contributed by atoms with Crippen LogP contribution in [0.5, 0.6) is 0 Å². The molecule has 1 N–H and O–H groups in total. The number of hydrogen-bond donors (Lipinski definition) is 1. The average molecular weight is 365 g/mol. The number of nitrogens with one attached hydrogen (secondary N) is 1. The van der Waals surface area contributed by atoms with E-state index in [2.05, 4.69) is 36.5 Å². The highest BCUT2D eigenvalue weighted by Gasteiger charge is 2.31. The predicted octanol–water partition coefficient (Wildman–Crippen LogP) is 2.54. The van der Waals surface area contributed by atoms with Gasteiger partial charge in [0.25, 0.3) is 0 Å². The summed E-state index contributed by atoms with van der Waals surface area (Å²) in [5, 5.41) is 2.89. The third-order valence-corrected chi connectivity index (χ3v) is 7.19. The molecule has 3 rings (SSSR count). The summed E-state index contributed by atoms with van der Waals surface area (Å²) in [5.41, 5.74) is 2.67. The Hall–Kier alpha value is -1.56. The van der Waals surface area contributed by atoms with E-state index in [-0.39, 0.29) is 23.6 Å². The zero-order valence-electron chi connectivity index (χ0n) is 14.9. The molecule has 2 fully saturated rings. The summed E-state index contributed by atoms with van der Waals surface area (Å²) in [5.74, 6) is 0.947. The summed E-state index contributed by atoms with van der Waals surface area (Å²) in [6.07, 6.45) is 4.86. The summed E-state index contributed by atoms with van der Waals surface area (Å²) in [4.78, 5) is 14.1. The number of rotatable bonds is 4. The number of likely N-dealkylation sites (tertiary alicyclic amines) is 1. The second-order valence-corrected chi connectivity index (χ2v) is 9.73. The van der Waals surface area contributed by atoms with Crippen molar-refractivity contribution in [2.45, 2.75) is 45.1 Å². The molecule has 0 spiro atoms. The maximum Gasteiger partial charge on any atom is 0.317 e. The van der Waals surface area contributed by atoms with Gasteiger partial charge in [-0.05, 0) is 50.5 Å². The standard InChI is InChI=1S/C19H28N2O3S/c1-15-2-4-16(5-3-15)6-7-17-8-11-21(12-9-17)19(22)20-18-10-13-25(23,24)14-18/h2-5,17-18H,6-14H2,1H3,(H,20,22)/t18-/m1/s1. The lowest BCUT2D eigenvalue weighted by molar-refractivity contribution is 0.165. The Morgan fingerprint density at radius 2 is 1.84 bits per heavy atom. The van der Waals surface area contributed by atoms with E-state index in [4.69, 9.17) is 0 Å². The number of carbonyl (C=O) groups excluding carboxylic acids is 1. The predicted molar refractivity (Wildman–Crippen MR) is 99.4 cm³/mol. The molecule has 0 unspecified atom stereocenters. The lowest BCUT2D eigenvalue weighted by atomic mass is 9.90. The van der Waals surface area contributed by atoms with Crippen LogP contribution in [0.3, 0.4) is 0 Å². The van der Waals surface area contributed by atoms with Gasteiger partial charge in [-0.2, -0.15) is 0 Å². The molecule has 0 saturated carbocycles. The van der Waals surface area contributed by atoms with Crippen LogP contribution >= 0.6 is 0 Å². The van der Waals surface area contributed by atoms with E-state index in [1.54, 1.807) is 0 Å². The van der Waals surface area contributed by atoms with Crippen LogP contribution in [0.2, 0.25) is 0 Å². The monoisotopic (exact) mass is 364 g/mol. The van der Waals surface area contributed by atoms with Crippen LogP contribution in [0.1, 0.15) is 36.8 Å². The Kier molecular flexibility index (Phi) is 5.67. The second-order valence-electron chi connectivity index (χ2n) is 7.50. The van der Waals surface area contributed by atoms with Crippen molar-refractivity contribution in [3.63, 3.8) is 0 Å². The molecule has 1 aromatic rings. The molecule has 0 radical (unpaired) electrons. The molecule has 25 heavy (non-hydrogen) atoms. The largest absolute Gasteiger partial charge is 0.334 e. The van der Waals surface area contributed by atoms with Crippen molar-refractivity contribution in [3.05, 3.63) is 35.4 Å². The lowest BCUT2D eigenvalue weighted by Gasteiger charge is -2.32. The van der Waals surface area contributed by atoms with Gasteiger partial charge < -0.3 is 10.2 Å². The maximum atomic E-state index is 12.3. The number of urea groups is 1. The quantitative estimate of drug-likeness (QED) is 0.893. The van der Waals surface area contributed by atoms with Crippen LogP contribution in [-0.2, 0) is 16.3 Å². The van der Waals surface area contributed by atoms with Crippen molar-refractivity contribution >= 4 is 15.9 Å². The molecule has 138 valence electrons. The minimum absolute atomic E-state index is 0.0890. The molecule has 5 nitrogen and oxygen atoms in total. The normalized spacial score (nSPS) is 23.6. The van der Waals surface area contributed by atoms with Gasteiger partial charge in [0.05, 0.1) is 11.5 Å². The van der Waals surface area contributed by atoms with Crippen LogP contribution in [-0.4, -0.2) is 50.0 Å². The third kappa shape index (κ3) is 5.21. The maximum absolute atomic E-state index is 12.3. The van der Waals surface area contributed by atoms with Gasteiger partial charge in [0, 0.05) is 19.1 Å². The van der Waals surface area contributed by atoms with Gasteiger partial charge in [-0.15, -0.1) is 0 Å². The topological polar surface area (TPSA) is 66.5 Å². The fraction of sp³-hybridized carbons (Fsp3) is 0.632. The minimum Gasteiger partial charge on any atom is -0.334 e. The van der Waals surface area contributed by atoms with E-state index >= 15 is 0 Å². The molecule has 0 aliphatic carbocycles. The van der Waals surface area contributed by atoms with Crippen LogP contribution in [0, 0.1) is 12.8 Å². The number of sulfone groups is 1. The summed E-state index contributed by atoms with van der Waals surface area (Å²) >= 11 is 0. The van der Waals surface area contributed by atoms with Gasteiger partial charge >= 0.3 is 6.03 Å². The first-order chi connectivity index (χ1) is 11.9. The molecule has 1 aromatic carbocycles. The fourth-order valence-corrected chi connectivity index (χ4v) is 5.40. The smallest absolute Gasteiger partial charge is 0.317 e. The van der Waals surface area contributed by atoms with E-state index < -0.39 is 9.84 Å². The molecule has 0 bridgehead atoms. The van der Waals surface area contributed by atoms with Gasteiger partial charge in [-0.3, -0.25) is 0 Å². The molecule has 1 atom stereocenters. The van der Waals surface area contributed by atoms with Crippen molar-refractivity contribution in [2.24, 2.45) is 5.92 Å². The number of nitrogens with zero attached hydrogens (tertiary/aromatic N) is 1. The van der Waals surface area contributed by atoms with E-state index in [0.717, 1.165) is 32.4 Å². The Morgan fingerprint density at radius 3 is 2.44 bits per heavy atom. The second kappa shape index (κ2) is 7.77. The van der Waals surface area contributed by atoms with Gasteiger partial charge in [-0.25, -0.2) is 13.2 Å². The Morgan fingerprint density at radius 1 is 1.16 bits per heavy atom. The van der Waals surface area contributed by atoms with Crippen molar-refractivity contribution in [2.75, 3.05) is 24.6 Å². The molecule has 2 heterocycles. The molecule has 2 saturated heterocycles. The van der Waals surface area contributed by atoms with E-state index in [0.29, 0.717) is 12.3 Å². The number of amides is 2. The van der Waals surface area contributed by atoms with Gasteiger partial charge in [-0.1, -0.05) is 29.8 Å². The van der Waals surface area contributed by atoms with E-state index in [9.17, 15) is 13.2 Å². The van der Waals surface area contributed by atoms with Gasteiger partial charge in [0.2, 0.25) is 0 Å². The fourth-order valence-electron chi connectivity index (χ4n) is 3.73. The molecule has 2 amide bonds. The van der Waals surface area contributed by atoms with Crippen LogP contribution < -0.4 is 5.32 Å². The number of aryl methyl sites for hydroxylation is 2. The summed E-state index contributed by atoms with van der Waals surface area (Å²) in [6.45, 7) is 3.64. The van der Waals surface area contributed by atoms with Crippen molar-refractivity contribution in [1.82, 2.24) is 10.2 Å². The van der Waals surface area contributed by atoms with Crippen LogP contribution in [0.15, 0.2) is 24.3 Å². The third-order valence-electron chi connectivity index (χ3n) is 5.42. The highest BCUT2D eigenvalue weighted by molar-refractivity contribution is 7.91. The highest BCUT2D eigenvalue weighted by atomic mass is 32.2. The summed E-state index contributed by atoms with van der Waals surface area (Å²) in [6, 6.07) is 8.41. The first kappa shape index (κ1) is 18.2. The van der Waals surface area contributed by atoms with E-state index in [1.165, 1.54) is 17.5 Å². The molecular weight excluding hydrogens is 336 g/mol. The summed E-state index contributed by atoms with van der Waals surface area (Å²) in [7, 11) is -2.95. The Labute approximate surface area is 150 Å². The first-order valence-electron chi connectivity index (χ1n) is 9.23. The van der Waals surface area contributed by atoms with Crippen molar-refractivity contribution in [3.8, 4) is 0 Å². The first-order valence-corrected chi connectivity index (χ1v) is 11.0. The Balaban J connectivity index is 1.39.